The largest absolute Gasteiger partial charge is 0.457 e. The lowest BCUT2D eigenvalue weighted by molar-refractivity contribution is 0.436. The Morgan fingerprint density at radius 1 is 0.152 bits per heavy atom. The van der Waals surface area contributed by atoms with E-state index in [2.05, 4.69) is 394 Å². The molecule has 6 nitrogen and oxygen atoms in total. The van der Waals surface area contributed by atoms with Crippen LogP contribution in [0.4, 0.5) is 0 Å². The Labute approximate surface area is 649 Å². The highest BCUT2D eigenvalue weighted by atomic mass is 16.5. The van der Waals surface area contributed by atoms with Crippen LogP contribution in [0.2, 0.25) is 0 Å². The minimum Gasteiger partial charge on any atom is -0.457 e. The van der Waals surface area contributed by atoms with Crippen LogP contribution in [0.1, 0.15) is 44.5 Å². The normalized spacial score (nSPS) is 13.1. The molecule has 112 heavy (non-hydrogen) atoms. The van der Waals surface area contributed by atoms with Crippen molar-refractivity contribution >= 4 is 0 Å². The fraction of sp³-hybridized carbons (Fsp3) is 0.0189. The van der Waals surface area contributed by atoms with Crippen LogP contribution < -0.4 is 9.47 Å². The summed E-state index contributed by atoms with van der Waals surface area (Å²) in [5, 5.41) is 0. The first-order chi connectivity index (χ1) is 55.5. The van der Waals surface area contributed by atoms with Gasteiger partial charge in [-0.2, -0.15) is 0 Å². The van der Waals surface area contributed by atoms with Crippen molar-refractivity contribution in [2.24, 2.45) is 0 Å². The van der Waals surface area contributed by atoms with E-state index in [4.69, 9.17) is 29.4 Å². The van der Waals surface area contributed by atoms with Gasteiger partial charge in [0, 0.05) is 55.6 Å². The molecular weight excluding hydrogens is 1360 g/mol. The van der Waals surface area contributed by atoms with Gasteiger partial charge in [-0.1, -0.05) is 322 Å². The molecule has 0 amide bonds. The number of nitrogens with zero attached hydrogens (tertiary/aromatic N) is 4. The summed E-state index contributed by atoms with van der Waals surface area (Å²) < 4.78 is 14.1. The van der Waals surface area contributed by atoms with Gasteiger partial charge in [0.15, 0.2) is 11.6 Å². The number of hydrogen-bond acceptors (Lipinski definition) is 6. The predicted octanol–water partition coefficient (Wildman–Crippen LogP) is 26.5. The quantitative estimate of drug-likeness (QED) is 0.129. The lowest BCUT2D eigenvalue weighted by Crippen LogP contribution is -2.32. The summed E-state index contributed by atoms with van der Waals surface area (Å²) >= 11 is 0. The number of para-hydroxylation sites is 1. The van der Waals surface area contributed by atoms with Crippen LogP contribution in [0.15, 0.2) is 400 Å². The molecule has 2 spiro atoms. The maximum Gasteiger partial charge on any atom is 0.160 e. The average Bonchev–Trinajstić information content (AvgIpc) is 1.51. The Bertz CT molecular complexity index is 6760. The van der Waals surface area contributed by atoms with Crippen molar-refractivity contribution < 1.29 is 9.47 Å². The molecule has 0 bridgehead atoms. The number of rotatable bonds is 11. The van der Waals surface area contributed by atoms with Gasteiger partial charge in [-0.3, -0.25) is 0 Å². The zero-order valence-electron chi connectivity index (χ0n) is 60.7. The van der Waals surface area contributed by atoms with E-state index in [-0.39, 0.29) is 0 Å². The minimum absolute atomic E-state index is 0.606. The second-order valence-corrected chi connectivity index (χ2v) is 29.4. The van der Waals surface area contributed by atoms with Gasteiger partial charge in [-0.25, -0.2) is 19.9 Å². The van der Waals surface area contributed by atoms with E-state index in [1.165, 1.54) is 44.5 Å². The van der Waals surface area contributed by atoms with E-state index < -0.39 is 10.8 Å². The highest BCUT2D eigenvalue weighted by Gasteiger charge is 2.53. The first-order valence-electron chi connectivity index (χ1n) is 38.2. The summed E-state index contributed by atoms with van der Waals surface area (Å²) in [4.78, 5) is 21.9. The maximum atomic E-state index is 7.24. The monoisotopic (exact) mass is 1430 g/mol. The first kappa shape index (κ1) is 64.5. The summed E-state index contributed by atoms with van der Waals surface area (Å²) in [6.07, 6.45) is 0. The molecule has 0 saturated heterocycles. The molecule has 0 radical (unpaired) electrons. The molecule has 522 valence electrons. The summed E-state index contributed by atoms with van der Waals surface area (Å²) in [7, 11) is 0. The van der Waals surface area contributed by atoms with Crippen LogP contribution in [0.3, 0.4) is 0 Å². The standard InChI is InChI=1S/C106H66N4O2/c1-4-26-67(27-5-1)70-32-22-36-77(58-70)96-65-97(109-103(108-96)79-38-24-34-72(60-79)75-53-55-100-92(62-75)105(91-50-20-21-51-99(91)111-100)87-46-16-12-41-82(87)83-42-13-17-47-88(83)105)78-37-23-33-71(59-78)74-52-56-101-93(63-74)106(89-48-18-14-43-84(89)85-44-15-19-49-90(85)106)94-64-76(54-57-102(94)112-101)73-35-25-39-80(61-73)104-107-95(69-30-8-3-9-31-69)66-98(110-104)86-45-11-10-40-81(86)68-28-6-2-7-29-68/h1-66H. The van der Waals surface area contributed by atoms with Crippen LogP contribution in [0.25, 0.3) is 146 Å². The molecule has 2 aliphatic carbocycles. The minimum atomic E-state index is -0.780. The zero-order valence-corrected chi connectivity index (χ0v) is 60.7. The third-order valence-electron chi connectivity index (χ3n) is 23.3. The molecule has 2 aromatic heterocycles. The Morgan fingerprint density at radius 3 is 0.875 bits per heavy atom. The molecular formula is C106H66N4O2. The molecule has 0 saturated carbocycles. The third-order valence-corrected chi connectivity index (χ3v) is 23.3. The van der Waals surface area contributed by atoms with Crippen molar-refractivity contribution in [2.45, 2.75) is 10.8 Å². The van der Waals surface area contributed by atoms with Gasteiger partial charge in [0.2, 0.25) is 0 Å². The van der Waals surface area contributed by atoms with Gasteiger partial charge in [-0.15, -0.1) is 0 Å². The van der Waals surface area contributed by atoms with Crippen molar-refractivity contribution in [1.29, 1.82) is 0 Å². The first-order valence-corrected chi connectivity index (χ1v) is 38.2. The van der Waals surface area contributed by atoms with Crippen molar-refractivity contribution in [3.8, 4) is 169 Å². The molecule has 0 fully saturated rings. The van der Waals surface area contributed by atoms with Gasteiger partial charge < -0.3 is 9.47 Å². The molecule has 6 heteroatoms. The number of hydrogen-bond donors (Lipinski definition) is 0. The third kappa shape index (κ3) is 10.3. The fourth-order valence-corrected chi connectivity index (χ4v) is 18.2. The van der Waals surface area contributed by atoms with E-state index >= 15 is 0 Å². The summed E-state index contributed by atoms with van der Waals surface area (Å²) in [6, 6.07) is 144. The van der Waals surface area contributed by atoms with Crippen LogP contribution in [0.5, 0.6) is 23.0 Å². The van der Waals surface area contributed by atoms with Gasteiger partial charge in [-0.05, 0) is 179 Å². The fourth-order valence-electron chi connectivity index (χ4n) is 18.2. The molecule has 22 rings (SSSR count). The lowest BCUT2D eigenvalue weighted by Gasteiger charge is -2.40. The van der Waals surface area contributed by atoms with Gasteiger partial charge in [0.1, 0.15) is 23.0 Å². The van der Waals surface area contributed by atoms with Crippen LogP contribution >= 0.6 is 0 Å². The van der Waals surface area contributed by atoms with E-state index in [9.17, 15) is 0 Å². The number of aromatic nitrogens is 4. The molecule has 16 aromatic carbocycles. The summed E-state index contributed by atoms with van der Waals surface area (Å²) in [6.45, 7) is 0. The number of ether oxygens (including phenoxy) is 2. The van der Waals surface area contributed by atoms with Crippen molar-refractivity contribution in [2.75, 3.05) is 0 Å². The van der Waals surface area contributed by atoms with Crippen LogP contribution in [-0.4, -0.2) is 19.9 Å². The van der Waals surface area contributed by atoms with E-state index in [1.807, 2.05) is 6.07 Å². The Kier molecular flexibility index (Phi) is 15.0. The number of benzene rings is 16. The second kappa shape index (κ2) is 26.0. The summed E-state index contributed by atoms with van der Waals surface area (Å²) in [5.74, 6) is 4.58. The SMILES string of the molecule is c1ccc(-c2cccc(-c3cc(-c4cccc(-c5ccc6c(c5)C5(c7cc(-c8cccc(-c9nc(-c%10ccccc%10)cc(-c%10ccccc%10-c%10ccccc%10)n9)c8)ccc7O6)c6ccccc6-c6ccccc65)c4)nc(-c4cccc(-c5ccc6c(c5)C5(c7ccccc7O6)c6ccccc6-c6ccccc65)c4)n3)c2)cc1. The lowest BCUT2D eigenvalue weighted by atomic mass is 9.65. The number of fused-ring (bicyclic) bond motifs is 18. The Hall–Kier alpha value is -14.7. The molecule has 18 aromatic rings. The molecule has 0 unspecified atom stereocenters. The topological polar surface area (TPSA) is 70.0 Å². The van der Waals surface area contributed by atoms with E-state index in [0.29, 0.717) is 11.6 Å². The predicted molar refractivity (Wildman–Crippen MR) is 452 cm³/mol. The van der Waals surface area contributed by atoms with Gasteiger partial charge in [0.25, 0.3) is 0 Å². The van der Waals surface area contributed by atoms with Crippen LogP contribution in [0, 0.1) is 0 Å². The second-order valence-electron chi connectivity index (χ2n) is 29.4. The Balaban J connectivity index is 0.661. The van der Waals surface area contributed by atoms with E-state index in [0.717, 1.165) is 157 Å². The molecule has 0 N–H and O–H groups in total. The Morgan fingerprint density at radius 2 is 0.429 bits per heavy atom. The van der Waals surface area contributed by atoms with Crippen molar-refractivity contribution in [3.63, 3.8) is 0 Å². The van der Waals surface area contributed by atoms with Crippen molar-refractivity contribution in [3.05, 3.63) is 445 Å². The average molecular weight is 1430 g/mol. The zero-order chi connectivity index (χ0) is 73.9. The van der Waals surface area contributed by atoms with E-state index in [1.54, 1.807) is 0 Å². The molecule has 2 aliphatic heterocycles. The molecule has 0 atom stereocenters. The summed E-state index contributed by atoms with van der Waals surface area (Å²) in [5.41, 5.74) is 32.6. The van der Waals surface area contributed by atoms with Gasteiger partial charge >= 0.3 is 0 Å². The van der Waals surface area contributed by atoms with Gasteiger partial charge in [0.05, 0.1) is 33.6 Å². The van der Waals surface area contributed by atoms with Crippen molar-refractivity contribution in [1.82, 2.24) is 19.9 Å². The van der Waals surface area contributed by atoms with Crippen LogP contribution in [-0.2, 0) is 10.8 Å². The highest BCUT2D eigenvalue weighted by Crippen LogP contribution is 2.65. The smallest absolute Gasteiger partial charge is 0.160 e. The molecule has 4 aliphatic rings. The highest BCUT2D eigenvalue weighted by molar-refractivity contribution is 5.93. The maximum absolute atomic E-state index is 7.24. The molecule has 4 heterocycles.